The van der Waals surface area contributed by atoms with Crippen molar-refractivity contribution in [3.8, 4) is 0 Å². The minimum atomic E-state index is -1.05. The van der Waals surface area contributed by atoms with Gasteiger partial charge in [0.2, 0.25) is 0 Å². The van der Waals surface area contributed by atoms with Crippen molar-refractivity contribution in [3.05, 3.63) is 23.2 Å². The molecule has 3 N–H and O–H groups in total. The number of guanidine groups is 1. The van der Waals surface area contributed by atoms with E-state index in [1.807, 2.05) is 26.8 Å². The molecule has 0 amide bonds. The Hall–Kier alpha value is -0.800. The molecular formula is C20H37IN4O2. The van der Waals surface area contributed by atoms with Crippen molar-refractivity contribution in [1.82, 2.24) is 15.5 Å². The zero-order valence-electron chi connectivity index (χ0n) is 17.5. The summed E-state index contributed by atoms with van der Waals surface area (Å²) in [5.74, 6) is 2.30. The number of hydrogen-bond acceptors (Lipinski definition) is 4. The van der Waals surface area contributed by atoms with Crippen molar-refractivity contribution >= 4 is 29.9 Å². The molecule has 1 fully saturated rings. The van der Waals surface area contributed by atoms with Crippen LogP contribution in [0.4, 0.5) is 0 Å². The van der Waals surface area contributed by atoms with Crippen LogP contribution in [-0.2, 0) is 5.60 Å². The molecule has 0 aliphatic heterocycles. The van der Waals surface area contributed by atoms with E-state index in [9.17, 15) is 5.11 Å². The number of furan rings is 1. The molecule has 0 spiro atoms. The van der Waals surface area contributed by atoms with Crippen LogP contribution in [-0.4, -0.2) is 55.2 Å². The van der Waals surface area contributed by atoms with Crippen molar-refractivity contribution in [1.29, 1.82) is 0 Å². The lowest BCUT2D eigenvalue weighted by molar-refractivity contribution is 0.0657. The second kappa shape index (κ2) is 11.3. The molecule has 0 saturated heterocycles. The summed E-state index contributed by atoms with van der Waals surface area (Å²) in [6, 6.07) is 2.62. The van der Waals surface area contributed by atoms with Gasteiger partial charge in [-0.1, -0.05) is 12.8 Å². The van der Waals surface area contributed by atoms with Crippen LogP contribution in [0.15, 0.2) is 15.5 Å². The monoisotopic (exact) mass is 492 g/mol. The van der Waals surface area contributed by atoms with Crippen molar-refractivity contribution in [2.24, 2.45) is 4.99 Å². The molecule has 7 heteroatoms. The maximum Gasteiger partial charge on any atom is 0.191 e. The molecule has 27 heavy (non-hydrogen) atoms. The normalized spacial score (nSPS) is 17.7. The Morgan fingerprint density at radius 1 is 1.33 bits per heavy atom. The molecule has 6 nitrogen and oxygen atoms in total. The summed E-state index contributed by atoms with van der Waals surface area (Å²) >= 11 is 0. The van der Waals surface area contributed by atoms with E-state index in [2.05, 4.69) is 27.6 Å². The topological polar surface area (TPSA) is 73.0 Å². The Kier molecular flexibility index (Phi) is 10.1. The molecule has 1 aromatic rings. The van der Waals surface area contributed by atoms with Gasteiger partial charge >= 0.3 is 0 Å². The van der Waals surface area contributed by atoms with E-state index in [1.165, 1.54) is 25.7 Å². The van der Waals surface area contributed by atoms with Gasteiger partial charge in [-0.3, -0.25) is 0 Å². The minimum Gasteiger partial charge on any atom is -0.466 e. The Labute approximate surface area is 181 Å². The second-order valence-corrected chi connectivity index (χ2v) is 7.64. The Balaban J connectivity index is 0.00000364. The first-order valence-electron chi connectivity index (χ1n) is 9.85. The molecule has 1 aromatic heterocycles. The lowest BCUT2D eigenvalue weighted by Gasteiger charge is -2.25. The lowest BCUT2D eigenvalue weighted by atomic mass is 9.96. The summed E-state index contributed by atoms with van der Waals surface area (Å²) in [4.78, 5) is 7.03. The first kappa shape index (κ1) is 24.2. The van der Waals surface area contributed by atoms with Gasteiger partial charge in [0, 0.05) is 31.2 Å². The third kappa shape index (κ3) is 7.27. The van der Waals surface area contributed by atoms with Crippen LogP contribution < -0.4 is 10.6 Å². The number of aliphatic imine (C=N–C) groups is 1. The fraction of sp³-hybridized carbons (Fsp3) is 0.750. The number of rotatable bonds is 8. The van der Waals surface area contributed by atoms with Crippen LogP contribution in [0.2, 0.25) is 0 Å². The summed E-state index contributed by atoms with van der Waals surface area (Å²) in [6.45, 7) is 10.5. The van der Waals surface area contributed by atoms with Crippen LogP contribution in [0, 0.1) is 13.8 Å². The Bertz CT molecular complexity index is 595. The van der Waals surface area contributed by atoms with E-state index in [1.54, 1.807) is 6.92 Å². The number of aliphatic hydroxyl groups is 1. The van der Waals surface area contributed by atoms with Crippen molar-refractivity contribution < 1.29 is 9.52 Å². The average Bonchev–Trinajstić information content (AvgIpc) is 3.22. The molecule has 156 valence electrons. The van der Waals surface area contributed by atoms with E-state index in [0.29, 0.717) is 0 Å². The van der Waals surface area contributed by atoms with Crippen molar-refractivity contribution in [2.75, 3.05) is 33.2 Å². The highest BCUT2D eigenvalue weighted by molar-refractivity contribution is 14.0. The molecule has 1 heterocycles. The van der Waals surface area contributed by atoms with E-state index < -0.39 is 5.60 Å². The molecule has 1 aliphatic rings. The van der Waals surface area contributed by atoms with Crippen LogP contribution in [0.3, 0.4) is 0 Å². The number of halogens is 1. The highest BCUT2D eigenvalue weighted by Crippen LogP contribution is 2.27. The maximum atomic E-state index is 10.8. The van der Waals surface area contributed by atoms with E-state index in [-0.39, 0.29) is 30.5 Å². The third-order valence-corrected chi connectivity index (χ3v) is 5.22. The van der Waals surface area contributed by atoms with Crippen molar-refractivity contribution in [2.45, 2.75) is 65.0 Å². The average molecular weight is 492 g/mol. The third-order valence-electron chi connectivity index (χ3n) is 5.22. The Morgan fingerprint density at radius 3 is 2.56 bits per heavy atom. The first-order chi connectivity index (χ1) is 12.3. The summed E-state index contributed by atoms with van der Waals surface area (Å²) in [7, 11) is 2.20. The molecule has 1 unspecified atom stereocenters. The standard InChI is InChI=1S/C20H36N4O2.HI/c1-6-21-19(22-11-12-24(5)17-9-7-8-10-17)23-14-20(4,25)18-13-15(2)26-16(18)3;/h13,17,25H,6-12,14H2,1-5H3,(H2,21,22,23);1H. The van der Waals surface area contributed by atoms with E-state index >= 15 is 0 Å². The predicted molar refractivity (Wildman–Crippen MR) is 122 cm³/mol. The first-order valence-corrected chi connectivity index (χ1v) is 9.85. The van der Waals surface area contributed by atoms with E-state index in [4.69, 9.17) is 4.42 Å². The SMILES string of the molecule is CCNC(=NCC(C)(O)c1cc(C)oc1C)NCCN(C)C1CCCC1.I. The summed E-state index contributed by atoms with van der Waals surface area (Å²) in [5.41, 5.74) is -0.249. The molecule has 1 saturated carbocycles. The van der Waals surface area contributed by atoms with E-state index in [0.717, 1.165) is 48.7 Å². The molecule has 1 aliphatic carbocycles. The van der Waals surface area contributed by atoms with Crippen molar-refractivity contribution in [3.63, 3.8) is 0 Å². The zero-order valence-corrected chi connectivity index (χ0v) is 19.8. The van der Waals surface area contributed by atoms with Crippen LogP contribution in [0.1, 0.15) is 56.6 Å². The number of likely N-dealkylation sites (N-methyl/N-ethyl adjacent to an activating group) is 1. The Morgan fingerprint density at radius 2 is 2.00 bits per heavy atom. The fourth-order valence-corrected chi connectivity index (χ4v) is 3.70. The molecule has 2 rings (SSSR count). The fourth-order valence-electron chi connectivity index (χ4n) is 3.70. The number of aryl methyl sites for hydroxylation is 2. The minimum absolute atomic E-state index is 0. The molecule has 0 bridgehead atoms. The summed E-state index contributed by atoms with van der Waals surface area (Å²) in [5, 5.41) is 17.5. The van der Waals surface area contributed by atoms with Gasteiger partial charge < -0.3 is 25.1 Å². The van der Waals surface area contributed by atoms with Gasteiger partial charge in [-0.05, 0) is 53.7 Å². The lowest BCUT2D eigenvalue weighted by Crippen LogP contribution is -2.43. The summed E-state index contributed by atoms with van der Waals surface area (Å²) < 4.78 is 5.55. The van der Waals surface area contributed by atoms with Gasteiger partial charge in [0.05, 0.1) is 6.54 Å². The van der Waals surface area contributed by atoms with Gasteiger partial charge in [-0.15, -0.1) is 24.0 Å². The second-order valence-electron chi connectivity index (χ2n) is 7.64. The highest BCUT2D eigenvalue weighted by Gasteiger charge is 2.27. The molecule has 0 aromatic carbocycles. The van der Waals surface area contributed by atoms with Gasteiger partial charge in [0.25, 0.3) is 0 Å². The number of hydrogen-bond donors (Lipinski definition) is 3. The van der Waals surface area contributed by atoms with Gasteiger partial charge in [-0.2, -0.15) is 0 Å². The highest BCUT2D eigenvalue weighted by atomic mass is 127. The van der Waals surface area contributed by atoms with Crippen LogP contribution in [0.5, 0.6) is 0 Å². The molecule has 1 atom stereocenters. The smallest absolute Gasteiger partial charge is 0.191 e. The van der Waals surface area contributed by atoms with Gasteiger partial charge in [0.15, 0.2) is 5.96 Å². The molecule has 0 radical (unpaired) electrons. The van der Waals surface area contributed by atoms with Crippen LogP contribution >= 0.6 is 24.0 Å². The summed E-state index contributed by atoms with van der Waals surface area (Å²) in [6.07, 6.45) is 5.34. The van der Waals surface area contributed by atoms with Crippen LogP contribution in [0.25, 0.3) is 0 Å². The predicted octanol–water partition coefficient (Wildman–Crippen LogP) is 3.15. The quantitative estimate of drug-likeness (QED) is 0.296. The molecular weight excluding hydrogens is 455 g/mol. The largest absolute Gasteiger partial charge is 0.466 e. The number of nitrogens with one attached hydrogen (secondary N) is 2. The maximum absolute atomic E-state index is 10.8. The number of nitrogens with zero attached hydrogens (tertiary/aromatic N) is 2. The van der Waals surface area contributed by atoms with Gasteiger partial charge in [-0.25, -0.2) is 4.99 Å². The van der Waals surface area contributed by atoms with Gasteiger partial charge in [0.1, 0.15) is 17.1 Å². The zero-order chi connectivity index (χ0) is 19.2.